The van der Waals surface area contributed by atoms with Gasteiger partial charge in [-0.1, -0.05) is 87.6 Å². The number of carbonyl (C=O) groups is 1. The minimum Gasteiger partial charge on any atom is -0.370 e. The van der Waals surface area contributed by atoms with Gasteiger partial charge in [-0.15, -0.1) is 0 Å². The van der Waals surface area contributed by atoms with E-state index in [1.807, 2.05) is 45.9 Å². The molecule has 1 aliphatic carbocycles. The lowest BCUT2D eigenvalue weighted by atomic mass is 9.88. The summed E-state index contributed by atoms with van der Waals surface area (Å²) in [5.41, 5.74) is 10.1. The Morgan fingerprint density at radius 2 is 1.70 bits per heavy atom. The number of aryl methyl sites for hydroxylation is 2. The lowest BCUT2D eigenvalue weighted by molar-refractivity contribution is 0.0975. The molecule has 0 heterocycles. The number of unbranched alkanes of at least 4 members (excludes halogenated alkanes) is 1. The third-order valence-corrected chi connectivity index (χ3v) is 7.37. The highest BCUT2D eigenvalue weighted by molar-refractivity contribution is 9.10. The highest BCUT2D eigenvalue weighted by Crippen LogP contribution is 2.26. The van der Waals surface area contributed by atoms with Crippen molar-refractivity contribution in [1.29, 1.82) is 0 Å². The number of nitrogens with zero attached hydrogens (tertiary/aromatic N) is 1. The summed E-state index contributed by atoms with van der Waals surface area (Å²) in [5.74, 6) is 0.687. The summed E-state index contributed by atoms with van der Waals surface area (Å²) in [6, 6.07) is 12.1. The standard InChI is InChI=1S/C27H35BrClN3O.2C2H6/c1-3-4-6-19-11-13-21(28)17-20(19)12-16-23-24(7-5-8-25(23)29)26(33)32-27(30)31-22-14-9-18(2)10-15-22;2*1-2/h5,7-8,11,13,17-18,22H,3-4,6,9-10,12,14-16H2,1-2H3,(H3,30,31,32,33);2*1-2H3. The second-order valence-corrected chi connectivity index (χ2v) is 10.5. The average Bonchev–Trinajstić information content (AvgIpc) is 2.91. The van der Waals surface area contributed by atoms with Gasteiger partial charge in [-0.25, -0.2) is 4.99 Å². The molecule has 0 aliphatic heterocycles. The maximum Gasteiger partial charge on any atom is 0.258 e. The van der Waals surface area contributed by atoms with Gasteiger partial charge in [0.05, 0.1) is 6.04 Å². The molecule has 206 valence electrons. The minimum absolute atomic E-state index is 0.193. The van der Waals surface area contributed by atoms with Crippen molar-refractivity contribution >= 4 is 39.4 Å². The molecule has 6 heteroatoms. The van der Waals surface area contributed by atoms with E-state index in [2.05, 4.69) is 58.3 Å². The largest absolute Gasteiger partial charge is 0.370 e. The van der Waals surface area contributed by atoms with E-state index in [1.54, 1.807) is 0 Å². The Labute approximate surface area is 239 Å². The number of guanidine groups is 1. The molecule has 2 aromatic rings. The van der Waals surface area contributed by atoms with Crippen LogP contribution >= 0.6 is 27.5 Å². The Morgan fingerprint density at radius 3 is 2.35 bits per heavy atom. The Bertz CT molecular complexity index is 984. The topological polar surface area (TPSA) is 67.5 Å². The quantitative estimate of drug-likeness (QED) is 0.237. The van der Waals surface area contributed by atoms with E-state index in [1.165, 1.54) is 11.1 Å². The summed E-state index contributed by atoms with van der Waals surface area (Å²) >= 11 is 10.1. The predicted molar refractivity (Wildman–Crippen MR) is 165 cm³/mol. The van der Waals surface area contributed by atoms with E-state index < -0.39 is 0 Å². The molecule has 0 spiro atoms. The van der Waals surface area contributed by atoms with Crippen molar-refractivity contribution < 1.29 is 4.79 Å². The maximum absolute atomic E-state index is 13.1. The summed E-state index contributed by atoms with van der Waals surface area (Å²) in [5, 5.41) is 3.39. The molecule has 0 aromatic heterocycles. The molecule has 37 heavy (non-hydrogen) atoms. The third kappa shape index (κ3) is 11.2. The van der Waals surface area contributed by atoms with Gasteiger partial charge in [0.25, 0.3) is 5.91 Å². The first-order chi connectivity index (χ1) is 17.9. The number of rotatable bonds is 8. The van der Waals surface area contributed by atoms with Gasteiger partial charge in [0.1, 0.15) is 0 Å². The van der Waals surface area contributed by atoms with Crippen molar-refractivity contribution in [3.63, 3.8) is 0 Å². The maximum atomic E-state index is 13.1. The van der Waals surface area contributed by atoms with Crippen molar-refractivity contribution in [3.8, 4) is 0 Å². The van der Waals surface area contributed by atoms with Crippen LogP contribution in [-0.2, 0) is 19.3 Å². The lowest BCUT2D eigenvalue weighted by Crippen LogP contribution is -2.38. The zero-order valence-corrected chi connectivity index (χ0v) is 26.0. The zero-order valence-electron chi connectivity index (χ0n) is 23.7. The first kappa shape index (κ1) is 33.2. The van der Waals surface area contributed by atoms with Crippen LogP contribution in [0.5, 0.6) is 0 Å². The van der Waals surface area contributed by atoms with Crippen LogP contribution < -0.4 is 11.1 Å². The van der Waals surface area contributed by atoms with Crippen LogP contribution in [0.15, 0.2) is 45.9 Å². The Kier molecular flexibility index (Phi) is 16.5. The molecular weight excluding hydrogens is 546 g/mol. The van der Waals surface area contributed by atoms with Crippen LogP contribution in [0.2, 0.25) is 5.02 Å². The van der Waals surface area contributed by atoms with Crippen LogP contribution in [0.25, 0.3) is 0 Å². The average molecular weight is 593 g/mol. The highest BCUT2D eigenvalue weighted by Gasteiger charge is 2.19. The number of aliphatic imine (C=N–C) groups is 1. The Balaban J connectivity index is 0.00000163. The number of carbonyl (C=O) groups excluding carboxylic acids is 1. The normalized spacial score (nSPS) is 17.1. The first-order valence-electron chi connectivity index (χ1n) is 14.1. The van der Waals surface area contributed by atoms with Gasteiger partial charge >= 0.3 is 0 Å². The van der Waals surface area contributed by atoms with Crippen molar-refractivity contribution in [2.24, 2.45) is 16.6 Å². The molecule has 4 nitrogen and oxygen atoms in total. The minimum atomic E-state index is -0.252. The molecule has 2 aromatic carbocycles. The molecule has 1 fully saturated rings. The molecule has 1 saturated carbocycles. The summed E-state index contributed by atoms with van der Waals surface area (Å²) in [4.78, 5) is 17.6. The fraction of sp³-hybridized carbons (Fsp3) is 0.548. The number of nitrogens with one attached hydrogen (secondary N) is 1. The summed E-state index contributed by atoms with van der Waals surface area (Å²) < 4.78 is 1.07. The summed E-state index contributed by atoms with van der Waals surface area (Å²) in [6.45, 7) is 12.5. The molecule has 0 atom stereocenters. The second kappa shape index (κ2) is 18.4. The van der Waals surface area contributed by atoms with Crippen molar-refractivity contribution in [3.05, 3.63) is 68.1 Å². The fourth-order valence-corrected chi connectivity index (χ4v) is 5.19. The van der Waals surface area contributed by atoms with Gasteiger partial charge in [-0.05, 0) is 98.2 Å². The van der Waals surface area contributed by atoms with E-state index in [0.29, 0.717) is 17.0 Å². The number of hydrogen-bond donors (Lipinski definition) is 2. The number of nitrogens with two attached hydrogens (primary N) is 1. The van der Waals surface area contributed by atoms with Gasteiger partial charge in [-0.2, -0.15) is 0 Å². The van der Waals surface area contributed by atoms with E-state index in [9.17, 15) is 4.79 Å². The predicted octanol–water partition coefficient (Wildman–Crippen LogP) is 8.91. The molecule has 1 amide bonds. The first-order valence-corrected chi connectivity index (χ1v) is 15.2. The molecule has 0 radical (unpaired) electrons. The van der Waals surface area contributed by atoms with Crippen LogP contribution in [0.4, 0.5) is 0 Å². The highest BCUT2D eigenvalue weighted by atomic mass is 79.9. The second-order valence-electron chi connectivity index (χ2n) is 9.16. The van der Waals surface area contributed by atoms with E-state index >= 15 is 0 Å². The van der Waals surface area contributed by atoms with Crippen LogP contribution in [0, 0.1) is 5.92 Å². The molecule has 3 rings (SSSR count). The van der Waals surface area contributed by atoms with Gasteiger partial charge < -0.3 is 5.73 Å². The van der Waals surface area contributed by atoms with Crippen LogP contribution in [-0.4, -0.2) is 17.9 Å². The smallest absolute Gasteiger partial charge is 0.258 e. The molecule has 0 unspecified atom stereocenters. The SMILES string of the molecule is CC.CC.CCCCc1ccc(Br)cc1CCc1c(Cl)cccc1C(=O)NC(N)=NC1CCC(C)CC1. The monoisotopic (exact) mass is 591 g/mol. The van der Waals surface area contributed by atoms with Crippen molar-refractivity contribution in [1.82, 2.24) is 5.32 Å². The summed E-state index contributed by atoms with van der Waals surface area (Å²) in [6.07, 6.45) is 9.22. The molecular formula is C31H47BrClN3O. The van der Waals surface area contributed by atoms with Gasteiger partial charge in [-0.3, -0.25) is 10.1 Å². The third-order valence-electron chi connectivity index (χ3n) is 6.52. The van der Waals surface area contributed by atoms with E-state index in [4.69, 9.17) is 17.3 Å². The lowest BCUT2D eigenvalue weighted by Gasteiger charge is -2.23. The molecule has 3 N–H and O–H groups in total. The van der Waals surface area contributed by atoms with Gasteiger partial charge in [0.15, 0.2) is 5.96 Å². The Morgan fingerprint density at radius 1 is 1.03 bits per heavy atom. The summed E-state index contributed by atoms with van der Waals surface area (Å²) in [7, 11) is 0. The molecule has 1 aliphatic rings. The molecule has 0 bridgehead atoms. The van der Waals surface area contributed by atoms with Crippen molar-refractivity contribution in [2.45, 2.75) is 105 Å². The number of amides is 1. The van der Waals surface area contributed by atoms with Crippen LogP contribution in [0.1, 0.15) is 107 Å². The molecule has 0 saturated heterocycles. The zero-order chi connectivity index (χ0) is 27.8. The number of benzene rings is 2. The van der Waals surface area contributed by atoms with Crippen LogP contribution in [0.3, 0.4) is 0 Å². The fourth-order valence-electron chi connectivity index (χ4n) is 4.51. The number of halogens is 2. The van der Waals surface area contributed by atoms with Crippen molar-refractivity contribution in [2.75, 3.05) is 0 Å². The van der Waals surface area contributed by atoms with E-state index in [-0.39, 0.29) is 17.9 Å². The van der Waals surface area contributed by atoms with E-state index in [0.717, 1.165) is 67.3 Å². The van der Waals surface area contributed by atoms with Gasteiger partial charge in [0.2, 0.25) is 0 Å². The Hall–Kier alpha value is -1.85. The number of hydrogen-bond acceptors (Lipinski definition) is 2. The van der Waals surface area contributed by atoms with Gasteiger partial charge in [0, 0.05) is 15.1 Å².